The summed E-state index contributed by atoms with van der Waals surface area (Å²) in [5.41, 5.74) is 1.62. The molecule has 1 amide bonds. The van der Waals surface area contributed by atoms with Crippen LogP contribution in [0.15, 0.2) is 64.6 Å². The third-order valence-electron chi connectivity index (χ3n) is 3.38. The van der Waals surface area contributed by atoms with Gasteiger partial charge in [0.05, 0.1) is 16.3 Å². The fourth-order valence-electron chi connectivity index (χ4n) is 2.33. The third kappa shape index (κ3) is 3.92. The summed E-state index contributed by atoms with van der Waals surface area (Å²) in [5.74, 6) is 0.360. The Labute approximate surface area is 146 Å². The summed E-state index contributed by atoms with van der Waals surface area (Å²) in [7, 11) is 0. The zero-order valence-corrected chi connectivity index (χ0v) is 14.5. The van der Waals surface area contributed by atoms with Gasteiger partial charge in [0.15, 0.2) is 5.17 Å². The minimum atomic E-state index is -0.00552. The summed E-state index contributed by atoms with van der Waals surface area (Å²) < 4.78 is 0. The van der Waals surface area contributed by atoms with Crippen molar-refractivity contribution in [3.05, 3.63) is 65.3 Å². The number of para-hydroxylation sites is 1. The Morgan fingerprint density at radius 3 is 2.58 bits per heavy atom. The van der Waals surface area contributed by atoms with Gasteiger partial charge in [0.1, 0.15) is 0 Å². The Balaban J connectivity index is 1.94. The monoisotopic (exact) mass is 337 g/mol. The van der Waals surface area contributed by atoms with Crippen LogP contribution in [0.5, 0.6) is 0 Å². The normalized spacial score (nSPS) is 18.1. The first-order valence-corrected chi connectivity index (χ1v) is 8.71. The number of amides is 1. The smallest absolute Gasteiger partial charge is 0.266 e. The largest absolute Gasteiger partial charge is 0.286 e. The van der Waals surface area contributed by atoms with Gasteiger partial charge in [0.25, 0.3) is 5.91 Å². The van der Waals surface area contributed by atoms with Crippen molar-refractivity contribution in [3.63, 3.8) is 0 Å². The van der Waals surface area contributed by atoms with E-state index in [9.17, 15) is 4.79 Å². The standard InChI is InChI=1S/C19H19N3OS/c1-14(2)13-22-18(23)17(12-16-10-6-7-11-20-16)24-19(22)21-15-8-4-3-5-9-15/h3-12,14H,13H2,1-2H3/b17-12-,21-19?. The molecular formula is C19H19N3OS. The molecule has 2 aromatic rings. The number of hydrogen-bond acceptors (Lipinski definition) is 4. The molecule has 0 bridgehead atoms. The molecule has 122 valence electrons. The van der Waals surface area contributed by atoms with Crippen molar-refractivity contribution in [1.82, 2.24) is 9.88 Å². The Morgan fingerprint density at radius 1 is 1.17 bits per heavy atom. The van der Waals surface area contributed by atoms with Crippen LogP contribution in [0.25, 0.3) is 6.08 Å². The Morgan fingerprint density at radius 2 is 1.92 bits per heavy atom. The van der Waals surface area contributed by atoms with Gasteiger partial charge in [-0.1, -0.05) is 38.1 Å². The third-order valence-corrected chi connectivity index (χ3v) is 4.39. The average molecular weight is 337 g/mol. The summed E-state index contributed by atoms with van der Waals surface area (Å²) in [5, 5.41) is 0.724. The summed E-state index contributed by atoms with van der Waals surface area (Å²) in [6, 6.07) is 15.4. The lowest BCUT2D eigenvalue weighted by Gasteiger charge is -2.17. The van der Waals surface area contributed by atoms with Crippen molar-refractivity contribution < 1.29 is 4.79 Å². The number of amidine groups is 1. The fraction of sp³-hybridized carbons (Fsp3) is 0.211. The summed E-state index contributed by atoms with van der Waals surface area (Å²) in [4.78, 5) is 24.1. The average Bonchev–Trinajstić information content (AvgIpc) is 2.85. The van der Waals surface area contributed by atoms with Crippen LogP contribution in [0.2, 0.25) is 0 Å². The predicted molar refractivity (Wildman–Crippen MR) is 99.9 cm³/mol. The molecule has 0 radical (unpaired) electrons. The second-order valence-electron chi connectivity index (χ2n) is 5.90. The number of aromatic nitrogens is 1. The number of hydrogen-bond donors (Lipinski definition) is 0. The zero-order chi connectivity index (χ0) is 16.9. The number of benzene rings is 1. The first-order chi connectivity index (χ1) is 11.6. The molecule has 0 aliphatic carbocycles. The lowest BCUT2D eigenvalue weighted by atomic mass is 10.2. The first-order valence-electron chi connectivity index (χ1n) is 7.89. The summed E-state index contributed by atoms with van der Waals surface area (Å²) >= 11 is 1.41. The molecule has 1 aliphatic rings. The van der Waals surface area contributed by atoms with Crippen molar-refractivity contribution in [2.75, 3.05) is 6.54 Å². The Hall–Kier alpha value is -2.40. The highest BCUT2D eigenvalue weighted by Crippen LogP contribution is 2.34. The SMILES string of the molecule is CC(C)CN1C(=O)/C(=C/c2ccccn2)SC1=Nc1ccccc1. The van der Waals surface area contributed by atoms with Crippen molar-refractivity contribution in [3.8, 4) is 0 Å². The van der Waals surface area contributed by atoms with Crippen LogP contribution in [0, 0.1) is 5.92 Å². The van der Waals surface area contributed by atoms with Gasteiger partial charge < -0.3 is 0 Å². The van der Waals surface area contributed by atoms with Crippen molar-refractivity contribution in [1.29, 1.82) is 0 Å². The van der Waals surface area contributed by atoms with E-state index in [2.05, 4.69) is 23.8 Å². The molecule has 3 rings (SSSR count). The molecular weight excluding hydrogens is 318 g/mol. The van der Waals surface area contributed by atoms with Gasteiger partial charge in [-0.3, -0.25) is 14.7 Å². The van der Waals surface area contributed by atoms with E-state index in [-0.39, 0.29) is 5.91 Å². The van der Waals surface area contributed by atoms with E-state index >= 15 is 0 Å². The molecule has 0 N–H and O–H groups in total. The molecule has 2 heterocycles. The van der Waals surface area contributed by atoms with Crippen LogP contribution >= 0.6 is 11.8 Å². The van der Waals surface area contributed by atoms with Gasteiger partial charge in [-0.2, -0.15) is 0 Å². The highest BCUT2D eigenvalue weighted by atomic mass is 32.2. The van der Waals surface area contributed by atoms with Crippen LogP contribution in [0.3, 0.4) is 0 Å². The fourth-order valence-corrected chi connectivity index (χ4v) is 3.32. The van der Waals surface area contributed by atoms with Crippen molar-refractivity contribution in [2.24, 2.45) is 10.9 Å². The van der Waals surface area contributed by atoms with Gasteiger partial charge in [-0.25, -0.2) is 4.99 Å². The quantitative estimate of drug-likeness (QED) is 0.780. The molecule has 1 fully saturated rings. The molecule has 0 unspecified atom stereocenters. The number of thioether (sulfide) groups is 1. The van der Waals surface area contributed by atoms with Crippen molar-refractivity contribution >= 4 is 34.6 Å². The van der Waals surface area contributed by atoms with E-state index in [4.69, 9.17) is 0 Å². The lowest BCUT2D eigenvalue weighted by Crippen LogP contribution is -2.32. The van der Waals surface area contributed by atoms with Crippen LogP contribution in [0.4, 0.5) is 5.69 Å². The van der Waals surface area contributed by atoms with Gasteiger partial charge in [-0.15, -0.1) is 0 Å². The zero-order valence-electron chi connectivity index (χ0n) is 13.7. The maximum Gasteiger partial charge on any atom is 0.266 e. The number of aliphatic imine (C=N–C) groups is 1. The van der Waals surface area contributed by atoms with Crippen LogP contribution in [-0.2, 0) is 4.79 Å². The molecule has 0 saturated carbocycles. The van der Waals surface area contributed by atoms with Gasteiger partial charge in [-0.05, 0) is 48.0 Å². The predicted octanol–water partition coefficient (Wildman–Crippen LogP) is 4.34. The van der Waals surface area contributed by atoms with E-state index in [0.29, 0.717) is 17.4 Å². The molecule has 1 aliphatic heterocycles. The van der Waals surface area contributed by atoms with E-state index < -0.39 is 0 Å². The van der Waals surface area contributed by atoms with Crippen molar-refractivity contribution in [2.45, 2.75) is 13.8 Å². The second-order valence-corrected chi connectivity index (χ2v) is 6.91. The minimum Gasteiger partial charge on any atom is -0.286 e. The summed E-state index contributed by atoms with van der Waals surface area (Å²) in [6.07, 6.45) is 3.55. The van der Waals surface area contributed by atoms with E-state index in [1.807, 2.05) is 54.6 Å². The van der Waals surface area contributed by atoms with Crippen LogP contribution in [0.1, 0.15) is 19.5 Å². The molecule has 1 saturated heterocycles. The number of nitrogens with zero attached hydrogens (tertiary/aromatic N) is 3. The van der Waals surface area contributed by atoms with Gasteiger partial charge in [0, 0.05) is 12.7 Å². The van der Waals surface area contributed by atoms with Gasteiger partial charge >= 0.3 is 0 Å². The summed E-state index contributed by atoms with van der Waals surface area (Å²) in [6.45, 7) is 4.84. The van der Waals surface area contributed by atoms with E-state index in [0.717, 1.165) is 16.5 Å². The highest BCUT2D eigenvalue weighted by Gasteiger charge is 2.33. The number of rotatable bonds is 4. The molecule has 4 nitrogen and oxygen atoms in total. The van der Waals surface area contributed by atoms with Crippen LogP contribution in [-0.4, -0.2) is 27.5 Å². The lowest BCUT2D eigenvalue weighted by molar-refractivity contribution is -0.122. The maximum absolute atomic E-state index is 12.8. The Kier molecular flexibility index (Phi) is 5.11. The van der Waals surface area contributed by atoms with Crippen LogP contribution < -0.4 is 0 Å². The number of pyridine rings is 1. The molecule has 0 spiro atoms. The van der Waals surface area contributed by atoms with E-state index in [1.165, 1.54) is 11.8 Å². The highest BCUT2D eigenvalue weighted by molar-refractivity contribution is 8.18. The topological polar surface area (TPSA) is 45.6 Å². The number of carbonyl (C=O) groups is 1. The second kappa shape index (κ2) is 7.45. The maximum atomic E-state index is 12.8. The molecule has 1 aromatic carbocycles. The number of carbonyl (C=O) groups excluding carboxylic acids is 1. The molecule has 24 heavy (non-hydrogen) atoms. The molecule has 0 atom stereocenters. The Bertz CT molecular complexity index is 770. The molecule has 5 heteroatoms. The van der Waals surface area contributed by atoms with Gasteiger partial charge in [0.2, 0.25) is 0 Å². The molecule has 1 aromatic heterocycles. The minimum absolute atomic E-state index is 0.00552. The van der Waals surface area contributed by atoms with E-state index in [1.54, 1.807) is 11.1 Å². The first kappa shape index (κ1) is 16.5.